The van der Waals surface area contributed by atoms with Gasteiger partial charge >= 0.3 is 11.9 Å². The van der Waals surface area contributed by atoms with Crippen LogP contribution in [0.15, 0.2) is 48.9 Å². The van der Waals surface area contributed by atoms with Crippen molar-refractivity contribution >= 4 is 17.7 Å². The highest BCUT2D eigenvalue weighted by atomic mass is 16.5. The van der Waals surface area contributed by atoms with Gasteiger partial charge in [-0.15, -0.1) is 0 Å². The van der Waals surface area contributed by atoms with E-state index in [1.807, 2.05) is 30.5 Å². The van der Waals surface area contributed by atoms with Crippen molar-refractivity contribution in [2.24, 2.45) is 5.92 Å². The summed E-state index contributed by atoms with van der Waals surface area (Å²) < 4.78 is 5.72. The molecule has 0 amide bonds. The van der Waals surface area contributed by atoms with Crippen molar-refractivity contribution in [2.45, 2.75) is 38.5 Å². The lowest BCUT2D eigenvalue weighted by Gasteiger charge is -2.09. The van der Waals surface area contributed by atoms with Gasteiger partial charge < -0.3 is 19.9 Å². The molecule has 8 heteroatoms. The maximum absolute atomic E-state index is 12.3. The Morgan fingerprint density at radius 1 is 1.07 bits per heavy atom. The molecular formula is C22H26N2O6. The van der Waals surface area contributed by atoms with Gasteiger partial charge in [0.1, 0.15) is 5.75 Å². The van der Waals surface area contributed by atoms with Crippen LogP contribution < -0.4 is 4.74 Å². The number of hydrogen-bond donors (Lipinski definition) is 3. The van der Waals surface area contributed by atoms with Crippen LogP contribution in [-0.2, 0) is 16.0 Å². The molecule has 8 nitrogen and oxygen atoms in total. The van der Waals surface area contributed by atoms with Crippen molar-refractivity contribution in [3.8, 4) is 5.75 Å². The number of Topliss-reactive ketones (excluding diaryl/α,β-unsaturated/α-hetero) is 1. The minimum Gasteiger partial charge on any atom is -0.494 e. The number of rotatable bonds is 9. The third-order valence-corrected chi connectivity index (χ3v) is 4.65. The molecule has 160 valence electrons. The van der Waals surface area contributed by atoms with Crippen molar-refractivity contribution in [3.63, 3.8) is 0 Å². The number of imidazole rings is 1. The van der Waals surface area contributed by atoms with E-state index >= 15 is 0 Å². The van der Waals surface area contributed by atoms with Crippen molar-refractivity contribution in [3.05, 3.63) is 60.2 Å². The summed E-state index contributed by atoms with van der Waals surface area (Å²) in [6.45, 7) is 0.662. The number of aryl methyl sites for hydroxylation is 1. The Morgan fingerprint density at radius 2 is 1.70 bits per heavy atom. The average molecular weight is 414 g/mol. The molecule has 3 N–H and O–H groups in total. The monoisotopic (exact) mass is 414 g/mol. The molecule has 0 unspecified atom stereocenters. The standard InChI is InChI=1S/C18H22N2O2.C4H4O4/c21-18(14-4-1-2-5-14)15-7-9-17(10-8-15)22-11-3-6-16-12-19-13-20-16;5-3(6)1-2-4(7)8/h7-10,12-14H,1-6,11H2,(H,19,20);1-2H,(H,5,6)(H,7,8)/b;2-1-. The summed E-state index contributed by atoms with van der Waals surface area (Å²) in [5.74, 6) is -1.16. The van der Waals surface area contributed by atoms with Crippen LogP contribution in [0.3, 0.4) is 0 Å². The summed E-state index contributed by atoms with van der Waals surface area (Å²) in [5.41, 5.74) is 1.94. The van der Waals surface area contributed by atoms with Crippen molar-refractivity contribution in [2.75, 3.05) is 6.61 Å². The lowest BCUT2D eigenvalue weighted by Crippen LogP contribution is -2.10. The van der Waals surface area contributed by atoms with E-state index in [9.17, 15) is 14.4 Å². The molecule has 0 atom stereocenters. The second-order valence-corrected chi connectivity index (χ2v) is 6.91. The summed E-state index contributed by atoms with van der Waals surface area (Å²) in [7, 11) is 0. The summed E-state index contributed by atoms with van der Waals surface area (Å²) in [6, 6.07) is 7.59. The van der Waals surface area contributed by atoms with Gasteiger partial charge in [-0.3, -0.25) is 4.79 Å². The Bertz CT molecular complexity index is 821. The van der Waals surface area contributed by atoms with Gasteiger partial charge in [-0.25, -0.2) is 14.6 Å². The molecule has 2 aromatic rings. The zero-order chi connectivity index (χ0) is 21.8. The largest absolute Gasteiger partial charge is 0.494 e. The fraction of sp³-hybridized carbons (Fsp3) is 0.364. The zero-order valence-electron chi connectivity index (χ0n) is 16.6. The van der Waals surface area contributed by atoms with Crippen LogP contribution in [0, 0.1) is 5.92 Å². The Labute approximate surface area is 174 Å². The summed E-state index contributed by atoms with van der Waals surface area (Å²) in [6.07, 6.45) is 11.0. The Balaban J connectivity index is 0.000000343. The third-order valence-electron chi connectivity index (χ3n) is 4.65. The maximum atomic E-state index is 12.3. The first-order chi connectivity index (χ1) is 14.5. The second-order valence-electron chi connectivity index (χ2n) is 6.91. The second kappa shape index (κ2) is 12.2. The van der Waals surface area contributed by atoms with Gasteiger partial charge in [-0.1, -0.05) is 12.8 Å². The number of H-pyrrole nitrogens is 1. The fourth-order valence-electron chi connectivity index (χ4n) is 3.16. The van der Waals surface area contributed by atoms with Gasteiger partial charge in [0.25, 0.3) is 0 Å². The van der Waals surface area contributed by atoms with Gasteiger partial charge in [0, 0.05) is 35.5 Å². The molecule has 1 aliphatic rings. The molecule has 1 aromatic heterocycles. The predicted molar refractivity (Wildman–Crippen MR) is 110 cm³/mol. The zero-order valence-corrected chi connectivity index (χ0v) is 16.6. The molecule has 1 aromatic carbocycles. The number of ketones is 1. The predicted octanol–water partition coefficient (Wildman–Crippen LogP) is 3.51. The molecule has 1 saturated carbocycles. The van der Waals surface area contributed by atoms with E-state index in [1.54, 1.807) is 6.33 Å². The van der Waals surface area contributed by atoms with E-state index in [2.05, 4.69) is 9.97 Å². The molecule has 0 spiro atoms. The highest BCUT2D eigenvalue weighted by Gasteiger charge is 2.23. The number of benzene rings is 1. The number of hydrogen-bond acceptors (Lipinski definition) is 5. The normalized spacial score (nSPS) is 13.6. The quantitative estimate of drug-likeness (QED) is 0.325. The summed E-state index contributed by atoms with van der Waals surface area (Å²) >= 11 is 0. The number of aromatic amines is 1. The van der Waals surface area contributed by atoms with Gasteiger partial charge in [0.2, 0.25) is 0 Å². The Kier molecular flexibility index (Phi) is 9.30. The molecule has 0 radical (unpaired) electrons. The van der Waals surface area contributed by atoms with E-state index in [1.165, 1.54) is 12.8 Å². The number of carbonyl (C=O) groups is 3. The molecule has 3 rings (SSSR count). The van der Waals surface area contributed by atoms with Gasteiger partial charge in [-0.05, 0) is 49.9 Å². The van der Waals surface area contributed by atoms with E-state index in [-0.39, 0.29) is 5.92 Å². The number of carboxylic acid groups (broad SMARTS) is 2. The summed E-state index contributed by atoms with van der Waals surface area (Å²) in [4.78, 5) is 38.5. The number of carbonyl (C=O) groups excluding carboxylic acids is 1. The first kappa shape index (κ1) is 22.9. The fourth-order valence-corrected chi connectivity index (χ4v) is 3.16. The number of ether oxygens (including phenoxy) is 1. The topological polar surface area (TPSA) is 130 Å². The lowest BCUT2D eigenvalue weighted by atomic mass is 9.96. The van der Waals surface area contributed by atoms with Crippen LogP contribution in [0.4, 0.5) is 0 Å². The minimum absolute atomic E-state index is 0.237. The number of carboxylic acids is 2. The lowest BCUT2D eigenvalue weighted by molar-refractivity contribution is -0.134. The first-order valence-corrected chi connectivity index (χ1v) is 9.84. The molecule has 1 fully saturated rings. The minimum atomic E-state index is -1.26. The van der Waals surface area contributed by atoms with Crippen LogP contribution in [0.1, 0.15) is 48.2 Å². The number of aromatic nitrogens is 2. The molecule has 0 saturated heterocycles. The highest BCUT2D eigenvalue weighted by Crippen LogP contribution is 2.28. The van der Waals surface area contributed by atoms with E-state index in [0.29, 0.717) is 24.5 Å². The highest BCUT2D eigenvalue weighted by molar-refractivity contribution is 5.98. The van der Waals surface area contributed by atoms with Crippen LogP contribution in [-0.4, -0.2) is 44.5 Å². The SMILES string of the molecule is O=C(O)/C=C\C(=O)O.O=C(c1ccc(OCCCc2cnc[nH]2)cc1)C1CCCC1. The van der Waals surface area contributed by atoms with Crippen molar-refractivity contribution in [1.29, 1.82) is 0 Å². The Hall–Kier alpha value is -3.42. The van der Waals surface area contributed by atoms with E-state index in [4.69, 9.17) is 14.9 Å². The van der Waals surface area contributed by atoms with Gasteiger partial charge in [-0.2, -0.15) is 0 Å². The average Bonchev–Trinajstić information content (AvgIpc) is 3.44. The molecule has 0 bridgehead atoms. The van der Waals surface area contributed by atoms with Crippen LogP contribution in [0.25, 0.3) is 0 Å². The number of nitrogens with one attached hydrogen (secondary N) is 1. The van der Waals surface area contributed by atoms with Crippen LogP contribution in [0.2, 0.25) is 0 Å². The molecule has 0 aliphatic heterocycles. The first-order valence-electron chi connectivity index (χ1n) is 9.84. The smallest absolute Gasteiger partial charge is 0.328 e. The maximum Gasteiger partial charge on any atom is 0.328 e. The summed E-state index contributed by atoms with van der Waals surface area (Å²) in [5, 5.41) is 15.6. The third kappa shape index (κ3) is 8.30. The van der Waals surface area contributed by atoms with Crippen LogP contribution in [0.5, 0.6) is 5.75 Å². The molecule has 1 aliphatic carbocycles. The van der Waals surface area contributed by atoms with Crippen molar-refractivity contribution in [1.82, 2.24) is 9.97 Å². The Morgan fingerprint density at radius 3 is 2.23 bits per heavy atom. The van der Waals surface area contributed by atoms with E-state index < -0.39 is 11.9 Å². The van der Waals surface area contributed by atoms with Gasteiger partial charge in [0.15, 0.2) is 5.78 Å². The van der Waals surface area contributed by atoms with Gasteiger partial charge in [0.05, 0.1) is 12.9 Å². The molecular weight excluding hydrogens is 388 g/mol. The van der Waals surface area contributed by atoms with Crippen molar-refractivity contribution < 1.29 is 29.3 Å². The number of nitrogens with zero attached hydrogens (tertiary/aromatic N) is 1. The molecule has 1 heterocycles. The number of aliphatic carboxylic acids is 2. The van der Waals surface area contributed by atoms with E-state index in [0.717, 1.165) is 42.7 Å². The van der Waals surface area contributed by atoms with Crippen LogP contribution >= 0.6 is 0 Å². The molecule has 30 heavy (non-hydrogen) atoms.